The van der Waals surface area contributed by atoms with Crippen LogP contribution >= 0.6 is 0 Å². The van der Waals surface area contributed by atoms with E-state index in [4.69, 9.17) is 9.72 Å². The van der Waals surface area contributed by atoms with Gasteiger partial charge >= 0.3 is 6.09 Å². The molecule has 8 heteroatoms. The Balaban J connectivity index is 0.919. The lowest BCUT2D eigenvalue weighted by Gasteiger charge is -2.23. The van der Waals surface area contributed by atoms with Crippen molar-refractivity contribution in [1.82, 2.24) is 24.8 Å². The number of fused-ring (bicyclic) bond motifs is 4. The van der Waals surface area contributed by atoms with Gasteiger partial charge in [-0.1, -0.05) is 79.4 Å². The molecule has 0 radical (unpaired) electrons. The number of ether oxygens (including phenoxy) is 1. The fraction of sp³-hybridized carbons (Fsp3) is 0.308. The first-order valence-electron chi connectivity index (χ1n) is 16.9. The molecule has 0 bridgehead atoms. The maximum absolute atomic E-state index is 13.1. The summed E-state index contributed by atoms with van der Waals surface area (Å²) < 4.78 is 5.64. The summed E-state index contributed by atoms with van der Waals surface area (Å²) in [5, 5.41) is 2.51. The minimum atomic E-state index is -0.354. The smallest absolute Gasteiger partial charge is 0.410 e. The molecule has 8 nitrogen and oxygen atoms in total. The third kappa shape index (κ3) is 4.90. The highest BCUT2D eigenvalue weighted by atomic mass is 16.6. The zero-order chi connectivity index (χ0) is 31.5. The van der Waals surface area contributed by atoms with E-state index in [0.717, 1.165) is 59.7 Å². The summed E-state index contributed by atoms with van der Waals surface area (Å²) in [6.07, 6.45) is 8.02. The minimum absolute atomic E-state index is 0.224. The summed E-state index contributed by atoms with van der Waals surface area (Å²) in [6.45, 7) is 6.26. The number of aromatic nitrogens is 4. The molecular formula is C39H39N6O2+. The molecule has 9 rings (SSSR count). The SMILES string of the molecule is C=C1CCN(C(=O)OCc2ccccc2)[C@@H]1c1ncc(-c2ccc(-c3ccc4c(c3)CCCc3[nH]c([C@@]56C[C@@H]5CC[NH2+]6)nc3-4)cc2)[nH]1. The predicted octanol–water partition coefficient (Wildman–Crippen LogP) is 6.44. The molecule has 4 N–H and O–H groups in total. The number of benzene rings is 3. The van der Waals surface area contributed by atoms with Crippen LogP contribution in [0.3, 0.4) is 0 Å². The molecular weight excluding hydrogens is 584 g/mol. The highest BCUT2D eigenvalue weighted by molar-refractivity contribution is 5.75. The van der Waals surface area contributed by atoms with Crippen molar-refractivity contribution in [2.24, 2.45) is 5.92 Å². The number of hydrogen-bond acceptors (Lipinski definition) is 4. The van der Waals surface area contributed by atoms with E-state index in [0.29, 0.717) is 12.4 Å². The molecule has 47 heavy (non-hydrogen) atoms. The largest absolute Gasteiger partial charge is 0.445 e. The number of nitrogens with two attached hydrogens (primary N) is 1. The van der Waals surface area contributed by atoms with E-state index in [-0.39, 0.29) is 24.3 Å². The molecule has 0 spiro atoms. The van der Waals surface area contributed by atoms with Gasteiger partial charge in [0, 0.05) is 36.6 Å². The summed E-state index contributed by atoms with van der Waals surface area (Å²) in [6, 6.07) is 24.9. The number of amides is 1. The number of nitrogens with zero attached hydrogens (tertiary/aromatic N) is 3. The van der Waals surface area contributed by atoms with E-state index in [9.17, 15) is 4.79 Å². The molecule has 2 aliphatic carbocycles. The Morgan fingerprint density at radius 2 is 1.83 bits per heavy atom. The first-order valence-corrected chi connectivity index (χ1v) is 16.9. The second kappa shape index (κ2) is 11.1. The fourth-order valence-electron chi connectivity index (χ4n) is 8.14. The lowest BCUT2D eigenvalue weighted by molar-refractivity contribution is -0.699. The quantitative estimate of drug-likeness (QED) is 0.189. The third-order valence-corrected chi connectivity index (χ3v) is 10.8. The first kappa shape index (κ1) is 28.3. The Hall–Kier alpha value is -4.95. The van der Waals surface area contributed by atoms with Gasteiger partial charge in [0.25, 0.3) is 0 Å². The van der Waals surface area contributed by atoms with E-state index in [2.05, 4.69) is 69.3 Å². The number of carbonyl (C=O) groups excluding carboxylic acids is 1. The maximum Gasteiger partial charge on any atom is 0.410 e. The van der Waals surface area contributed by atoms with Gasteiger partial charge in [-0.05, 0) is 59.1 Å². The van der Waals surface area contributed by atoms with Crippen molar-refractivity contribution in [1.29, 1.82) is 0 Å². The fourth-order valence-corrected chi connectivity index (χ4v) is 8.14. The summed E-state index contributed by atoms with van der Waals surface area (Å²) in [4.78, 5) is 31.9. The molecule has 2 aromatic heterocycles. The number of carbonyl (C=O) groups is 1. The standard InChI is InChI=1S/C39H38N6O2/c1-24-17-19-45(38(46)47-23-25-6-3-2-4-7-25)35(24)36-40-22-33(42-36)27-12-10-26(11-13-27)28-14-15-31-29(20-28)8-5-9-32-34(31)44-37(43-32)39-21-30(39)16-18-41-39/h2-4,6-7,10-15,20,22,30,35,41H,1,5,8-9,16-19,21,23H2,(H,40,42)(H,43,44)/p+1/t30-,35-,39+/m0/s1. The van der Waals surface area contributed by atoms with Crippen molar-refractivity contribution < 1.29 is 14.8 Å². The van der Waals surface area contributed by atoms with Crippen LogP contribution in [-0.2, 0) is 29.7 Å². The normalized spacial score (nSPS) is 22.8. The van der Waals surface area contributed by atoms with Gasteiger partial charge in [-0.25, -0.2) is 14.8 Å². The molecule has 1 saturated carbocycles. The van der Waals surface area contributed by atoms with Crippen molar-refractivity contribution in [2.75, 3.05) is 13.1 Å². The average molecular weight is 624 g/mol. The van der Waals surface area contributed by atoms with Crippen LogP contribution in [0.15, 0.2) is 91.1 Å². The van der Waals surface area contributed by atoms with Gasteiger partial charge in [-0.3, -0.25) is 4.90 Å². The lowest BCUT2D eigenvalue weighted by Crippen LogP contribution is -2.88. The van der Waals surface area contributed by atoms with Crippen LogP contribution in [0.5, 0.6) is 0 Å². The lowest BCUT2D eigenvalue weighted by atomic mass is 9.95. The van der Waals surface area contributed by atoms with Crippen LogP contribution in [0.25, 0.3) is 33.6 Å². The summed E-state index contributed by atoms with van der Waals surface area (Å²) in [5.41, 5.74) is 11.6. The van der Waals surface area contributed by atoms with Crippen LogP contribution in [-0.4, -0.2) is 44.0 Å². The molecule has 4 heterocycles. The number of nitrogens with one attached hydrogen (secondary N) is 2. The Morgan fingerprint density at radius 3 is 2.64 bits per heavy atom. The van der Waals surface area contributed by atoms with Crippen molar-refractivity contribution >= 4 is 6.09 Å². The number of aryl methyl sites for hydroxylation is 2. The summed E-state index contributed by atoms with van der Waals surface area (Å²) in [5.74, 6) is 2.70. The molecule has 3 fully saturated rings. The highest BCUT2D eigenvalue weighted by Gasteiger charge is 2.65. The van der Waals surface area contributed by atoms with Crippen molar-refractivity contribution in [3.05, 3.63) is 120 Å². The van der Waals surface area contributed by atoms with E-state index < -0.39 is 0 Å². The van der Waals surface area contributed by atoms with Crippen LogP contribution < -0.4 is 5.32 Å². The number of piperidine rings is 1. The minimum Gasteiger partial charge on any atom is -0.445 e. The van der Waals surface area contributed by atoms with Crippen molar-refractivity contribution in [3.8, 4) is 33.6 Å². The number of likely N-dealkylation sites (tertiary alicyclic amines) is 1. The Kier molecular flexibility index (Phi) is 6.68. The van der Waals surface area contributed by atoms with Gasteiger partial charge in [-0.15, -0.1) is 0 Å². The number of hydrogen-bond donors (Lipinski definition) is 3. The topological polar surface area (TPSA) is 104 Å². The van der Waals surface area contributed by atoms with Gasteiger partial charge in [-0.2, -0.15) is 0 Å². The number of rotatable bonds is 6. The van der Waals surface area contributed by atoms with Gasteiger partial charge in [0.2, 0.25) is 0 Å². The maximum atomic E-state index is 13.1. The second-order valence-corrected chi connectivity index (χ2v) is 13.7. The number of H-pyrrole nitrogens is 2. The zero-order valence-corrected chi connectivity index (χ0v) is 26.5. The molecule has 236 valence electrons. The monoisotopic (exact) mass is 623 g/mol. The van der Waals surface area contributed by atoms with Gasteiger partial charge in [0.1, 0.15) is 18.5 Å². The molecule has 5 aromatic rings. The zero-order valence-electron chi connectivity index (χ0n) is 26.5. The molecule has 2 saturated heterocycles. The Labute approximate surface area is 274 Å². The predicted molar refractivity (Wildman–Crippen MR) is 180 cm³/mol. The molecule has 2 aliphatic heterocycles. The van der Waals surface area contributed by atoms with Crippen LogP contribution in [0.1, 0.15) is 60.2 Å². The first-order chi connectivity index (χ1) is 23.1. The van der Waals surface area contributed by atoms with Crippen molar-refractivity contribution in [2.45, 2.75) is 56.7 Å². The van der Waals surface area contributed by atoms with Crippen LogP contribution in [0.4, 0.5) is 4.79 Å². The van der Waals surface area contributed by atoms with Crippen LogP contribution in [0.2, 0.25) is 0 Å². The van der Waals surface area contributed by atoms with Gasteiger partial charge < -0.3 is 20.0 Å². The van der Waals surface area contributed by atoms with E-state index >= 15 is 0 Å². The Bertz CT molecular complexity index is 1990. The number of quaternary nitrogens is 1. The molecule has 0 unspecified atom stereocenters. The number of aromatic amines is 2. The summed E-state index contributed by atoms with van der Waals surface area (Å²) in [7, 11) is 0. The van der Waals surface area contributed by atoms with Gasteiger partial charge in [0.15, 0.2) is 11.4 Å². The summed E-state index contributed by atoms with van der Waals surface area (Å²) >= 11 is 0. The molecule has 3 aromatic carbocycles. The van der Waals surface area contributed by atoms with Crippen molar-refractivity contribution in [3.63, 3.8) is 0 Å². The Morgan fingerprint density at radius 1 is 1.00 bits per heavy atom. The van der Waals surface area contributed by atoms with Gasteiger partial charge in [0.05, 0.1) is 24.1 Å². The average Bonchev–Trinajstić information content (AvgIpc) is 3.59. The third-order valence-electron chi connectivity index (χ3n) is 10.8. The van der Waals surface area contributed by atoms with E-state index in [1.807, 2.05) is 36.5 Å². The van der Waals surface area contributed by atoms with E-state index in [1.54, 1.807) is 4.90 Å². The van der Waals surface area contributed by atoms with E-state index in [1.165, 1.54) is 53.2 Å². The molecule has 1 amide bonds. The molecule has 3 atom stereocenters. The molecule has 4 aliphatic rings. The van der Waals surface area contributed by atoms with Crippen LogP contribution in [0, 0.1) is 5.92 Å². The second-order valence-electron chi connectivity index (χ2n) is 13.7. The number of imidazole rings is 2. The highest BCUT2D eigenvalue weighted by Crippen LogP contribution is 2.52.